The highest BCUT2D eigenvalue weighted by atomic mass is 16.3. The van der Waals surface area contributed by atoms with E-state index in [1.807, 2.05) is 6.07 Å². The first-order chi connectivity index (χ1) is 11.6. The summed E-state index contributed by atoms with van der Waals surface area (Å²) in [6.45, 7) is 0.229. The molecule has 2 amide bonds. The molecule has 3 N–H and O–H groups in total. The molecule has 5 nitrogen and oxygen atoms in total. The zero-order valence-electron chi connectivity index (χ0n) is 13.3. The highest BCUT2D eigenvalue weighted by Gasteiger charge is 2.34. The topological polar surface area (TPSA) is 78.4 Å². The van der Waals surface area contributed by atoms with Crippen LogP contribution in [0.5, 0.6) is 0 Å². The fourth-order valence-corrected chi connectivity index (χ4v) is 2.68. The third-order valence-electron chi connectivity index (χ3n) is 4.32. The number of carbonyl (C=O) groups is 2. The Bertz CT molecular complexity index is 739. The molecule has 2 aromatic carbocycles. The van der Waals surface area contributed by atoms with Crippen molar-refractivity contribution in [3.8, 4) is 0 Å². The van der Waals surface area contributed by atoms with Gasteiger partial charge in [-0.05, 0) is 43.5 Å². The van der Waals surface area contributed by atoms with Crippen LogP contribution in [0.2, 0.25) is 0 Å². The molecular weight excluding hydrogens is 304 g/mol. The molecule has 2 aromatic rings. The Morgan fingerprint density at radius 3 is 2.29 bits per heavy atom. The number of carbonyl (C=O) groups excluding carboxylic acids is 2. The van der Waals surface area contributed by atoms with Crippen LogP contribution in [-0.2, 0) is 0 Å². The fourth-order valence-electron chi connectivity index (χ4n) is 2.68. The van der Waals surface area contributed by atoms with Gasteiger partial charge in [-0.1, -0.05) is 30.3 Å². The van der Waals surface area contributed by atoms with Crippen molar-refractivity contribution in [1.82, 2.24) is 5.32 Å². The van der Waals surface area contributed by atoms with E-state index < -0.39 is 5.60 Å². The Labute approximate surface area is 140 Å². The summed E-state index contributed by atoms with van der Waals surface area (Å²) in [5.74, 6) is -0.576. The molecule has 3 rings (SSSR count). The maximum Gasteiger partial charge on any atom is 0.255 e. The number of benzene rings is 2. The van der Waals surface area contributed by atoms with Crippen LogP contribution in [-0.4, -0.2) is 29.1 Å². The maximum absolute atomic E-state index is 12.4. The van der Waals surface area contributed by atoms with Crippen LogP contribution in [0, 0.1) is 0 Å². The standard InChI is InChI=1S/C19H20N2O3/c22-17(14-7-2-1-3-8-14)21-16-10-5-4-9-15(16)18(23)20-13-19(24)11-6-12-19/h1-5,7-10,24H,6,11-13H2,(H,20,23)(H,21,22). The molecular formula is C19H20N2O3. The number of hydrogen-bond acceptors (Lipinski definition) is 3. The van der Waals surface area contributed by atoms with Gasteiger partial charge in [0.15, 0.2) is 0 Å². The van der Waals surface area contributed by atoms with Crippen molar-refractivity contribution in [1.29, 1.82) is 0 Å². The molecule has 0 radical (unpaired) electrons. The van der Waals surface area contributed by atoms with Crippen molar-refractivity contribution in [2.75, 3.05) is 11.9 Å². The first kappa shape index (κ1) is 16.2. The number of nitrogens with one attached hydrogen (secondary N) is 2. The molecule has 0 aliphatic heterocycles. The van der Waals surface area contributed by atoms with E-state index in [9.17, 15) is 14.7 Å². The van der Waals surface area contributed by atoms with Crippen molar-refractivity contribution >= 4 is 17.5 Å². The monoisotopic (exact) mass is 324 g/mol. The van der Waals surface area contributed by atoms with Crippen LogP contribution in [0.4, 0.5) is 5.69 Å². The molecule has 0 heterocycles. The summed E-state index contributed by atoms with van der Waals surface area (Å²) in [5, 5.41) is 15.6. The second-order valence-electron chi connectivity index (χ2n) is 6.13. The third-order valence-corrected chi connectivity index (χ3v) is 4.32. The van der Waals surface area contributed by atoms with E-state index in [4.69, 9.17) is 0 Å². The van der Waals surface area contributed by atoms with Crippen LogP contribution < -0.4 is 10.6 Å². The van der Waals surface area contributed by atoms with Gasteiger partial charge in [0.05, 0.1) is 16.9 Å². The Morgan fingerprint density at radius 2 is 1.62 bits per heavy atom. The van der Waals surface area contributed by atoms with Crippen molar-refractivity contribution in [2.24, 2.45) is 0 Å². The number of aliphatic hydroxyl groups is 1. The Morgan fingerprint density at radius 1 is 0.958 bits per heavy atom. The predicted octanol–water partition coefficient (Wildman–Crippen LogP) is 2.58. The summed E-state index contributed by atoms with van der Waals surface area (Å²) in [6.07, 6.45) is 2.40. The Hall–Kier alpha value is -2.66. The molecule has 1 aliphatic rings. The summed E-state index contributed by atoms with van der Waals surface area (Å²) in [6, 6.07) is 15.7. The molecule has 0 aromatic heterocycles. The van der Waals surface area contributed by atoms with E-state index in [2.05, 4.69) is 10.6 Å². The largest absolute Gasteiger partial charge is 0.388 e. The zero-order valence-corrected chi connectivity index (χ0v) is 13.3. The Kier molecular flexibility index (Phi) is 4.62. The molecule has 1 aliphatic carbocycles. The molecule has 5 heteroatoms. The maximum atomic E-state index is 12.4. The fraction of sp³-hybridized carbons (Fsp3) is 0.263. The van der Waals surface area contributed by atoms with Gasteiger partial charge in [0, 0.05) is 12.1 Å². The van der Waals surface area contributed by atoms with Gasteiger partial charge in [0.1, 0.15) is 0 Å². The lowest BCUT2D eigenvalue weighted by Gasteiger charge is -2.36. The van der Waals surface area contributed by atoms with E-state index >= 15 is 0 Å². The highest BCUT2D eigenvalue weighted by molar-refractivity contribution is 6.08. The summed E-state index contributed by atoms with van der Waals surface area (Å²) < 4.78 is 0. The summed E-state index contributed by atoms with van der Waals surface area (Å²) in [4.78, 5) is 24.7. The SMILES string of the molecule is O=C(Nc1ccccc1C(=O)NCC1(O)CCC1)c1ccccc1. The first-order valence-corrected chi connectivity index (χ1v) is 8.03. The molecule has 1 fully saturated rings. The van der Waals surface area contributed by atoms with Crippen LogP contribution in [0.15, 0.2) is 54.6 Å². The minimum absolute atomic E-state index is 0.229. The molecule has 0 bridgehead atoms. The summed E-state index contributed by atoms with van der Waals surface area (Å²) in [7, 11) is 0. The van der Waals surface area contributed by atoms with E-state index in [1.54, 1.807) is 48.5 Å². The molecule has 124 valence electrons. The first-order valence-electron chi connectivity index (χ1n) is 8.03. The van der Waals surface area contributed by atoms with E-state index in [0.29, 0.717) is 29.7 Å². The van der Waals surface area contributed by atoms with Gasteiger partial charge >= 0.3 is 0 Å². The van der Waals surface area contributed by atoms with Gasteiger partial charge in [-0.3, -0.25) is 9.59 Å². The quantitative estimate of drug-likeness (QED) is 0.791. The minimum Gasteiger partial charge on any atom is -0.388 e. The van der Waals surface area contributed by atoms with Gasteiger partial charge in [-0.2, -0.15) is 0 Å². The number of amides is 2. The molecule has 0 spiro atoms. The van der Waals surface area contributed by atoms with Crippen molar-refractivity contribution in [3.63, 3.8) is 0 Å². The second-order valence-corrected chi connectivity index (χ2v) is 6.13. The molecule has 24 heavy (non-hydrogen) atoms. The smallest absolute Gasteiger partial charge is 0.255 e. The van der Waals surface area contributed by atoms with Crippen LogP contribution in [0.25, 0.3) is 0 Å². The molecule has 0 atom stereocenters. The average molecular weight is 324 g/mol. The Balaban J connectivity index is 1.70. The molecule has 1 saturated carbocycles. The highest BCUT2D eigenvalue weighted by Crippen LogP contribution is 2.30. The van der Waals surface area contributed by atoms with Crippen molar-refractivity contribution in [2.45, 2.75) is 24.9 Å². The van der Waals surface area contributed by atoms with Crippen LogP contribution in [0.1, 0.15) is 40.0 Å². The lowest BCUT2D eigenvalue weighted by molar-refractivity contribution is -0.0300. The number of anilines is 1. The molecule has 0 unspecified atom stereocenters. The van der Waals surface area contributed by atoms with E-state index in [1.165, 1.54) is 0 Å². The van der Waals surface area contributed by atoms with Gasteiger partial charge in [0.2, 0.25) is 0 Å². The number of hydrogen-bond donors (Lipinski definition) is 3. The van der Waals surface area contributed by atoms with Gasteiger partial charge in [-0.15, -0.1) is 0 Å². The second kappa shape index (κ2) is 6.84. The zero-order chi connectivity index (χ0) is 17.0. The molecule has 0 saturated heterocycles. The van der Waals surface area contributed by atoms with Crippen LogP contribution >= 0.6 is 0 Å². The van der Waals surface area contributed by atoms with Crippen molar-refractivity contribution in [3.05, 3.63) is 65.7 Å². The van der Waals surface area contributed by atoms with Crippen LogP contribution in [0.3, 0.4) is 0 Å². The minimum atomic E-state index is -0.780. The van der Waals surface area contributed by atoms with E-state index in [0.717, 1.165) is 6.42 Å². The van der Waals surface area contributed by atoms with Gasteiger partial charge in [0.25, 0.3) is 11.8 Å². The summed E-state index contributed by atoms with van der Waals surface area (Å²) in [5.41, 5.74) is 0.573. The van der Waals surface area contributed by atoms with Gasteiger partial charge < -0.3 is 15.7 Å². The lowest BCUT2D eigenvalue weighted by atomic mass is 9.80. The lowest BCUT2D eigenvalue weighted by Crippen LogP contribution is -2.47. The van der Waals surface area contributed by atoms with Crippen molar-refractivity contribution < 1.29 is 14.7 Å². The average Bonchev–Trinajstić information content (AvgIpc) is 2.59. The normalized spacial score (nSPS) is 15.2. The van der Waals surface area contributed by atoms with Gasteiger partial charge in [-0.25, -0.2) is 0 Å². The van der Waals surface area contributed by atoms with E-state index in [-0.39, 0.29) is 18.4 Å². The predicted molar refractivity (Wildman–Crippen MR) is 92.0 cm³/mol. The number of rotatable bonds is 5. The number of para-hydroxylation sites is 1. The summed E-state index contributed by atoms with van der Waals surface area (Å²) >= 11 is 0. The third kappa shape index (κ3) is 3.63.